The van der Waals surface area contributed by atoms with Crippen LogP contribution in [-0.2, 0) is 0 Å². The molecule has 0 bridgehead atoms. The highest BCUT2D eigenvalue weighted by molar-refractivity contribution is 7.81. The third kappa shape index (κ3) is 38.7. The molecule has 0 radical (unpaired) electrons. The van der Waals surface area contributed by atoms with E-state index in [0.717, 1.165) is 54.1 Å². The summed E-state index contributed by atoms with van der Waals surface area (Å²) in [4.78, 5) is 65.7. The number of ether oxygens (including phenoxy) is 5. The maximum Gasteiger partial charge on any atom is 0.343 e. The van der Waals surface area contributed by atoms with E-state index in [9.17, 15) is 24.0 Å². The molecule has 730 valence electrons. The molecular weight excluding hydrogens is 1800 g/mol. The van der Waals surface area contributed by atoms with Gasteiger partial charge in [0.15, 0.2) is 0 Å². The van der Waals surface area contributed by atoms with Crippen LogP contribution in [0, 0.1) is 29.6 Å². The second-order valence-electron chi connectivity index (χ2n) is 36.8. The van der Waals surface area contributed by atoms with Gasteiger partial charge in [0, 0.05) is 24.5 Å². The van der Waals surface area contributed by atoms with E-state index in [1.807, 2.05) is 121 Å². The summed E-state index contributed by atoms with van der Waals surface area (Å²) >= 11 is 21.2. The van der Waals surface area contributed by atoms with Crippen molar-refractivity contribution in [1.82, 2.24) is 0 Å². The SMILES string of the molecule is CCCCC1CCC(c2ccc(C(=O)Oc3ccc(S)cc3)cc2)CC1.CCCCC1CCC(c2ccc(C(=O)Oc3ccc(S)cc3)cc2)CC1.CCCCC1CCC(c2ccc(C(=O)Oc3ccc(S)cc3)cc2)CC1.CCCCC1CCC(c2ccc(C(=O)Oc3ccc(S)cc3)cc2)CC1.CCCCC1CCC(c2ccc(C(=O)Oc3ccc(S)cc3)cc2)CC1.F.F.F.F.F. The lowest BCUT2D eigenvalue weighted by atomic mass is 9.77. The highest BCUT2D eigenvalue weighted by atomic mass is 32.1. The quantitative estimate of drug-likeness (QED) is 0.0128. The van der Waals surface area contributed by atoms with Crippen molar-refractivity contribution in [3.8, 4) is 28.7 Å². The maximum atomic E-state index is 12.3. The molecule has 5 saturated carbocycles. The van der Waals surface area contributed by atoms with Gasteiger partial charge in [-0.2, -0.15) is 0 Å². The second kappa shape index (κ2) is 62.0. The largest absolute Gasteiger partial charge is 0.423 e. The molecular formula is C115H145F5O10S5. The van der Waals surface area contributed by atoms with Gasteiger partial charge in [0.25, 0.3) is 0 Å². The third-order valence-electron chi connectivity index (χ3n) is 27.4. The van der Waals surface area contributed by atoms with E-state index in [2.05, 4.69) is 158 Å². The van der Waals surface area contributed by atoms with Gasteiger partial charge in [-0.25, -0.2) is 24.0 Å². The molecule has 0 aliphatic heterocycles. The summed E-state index contributed by atoms with van der Waals surface area (Å²) in [6.45, 7) is 11.4. The average molecular weight is 1940 g/mol. The van der Waals surface area contributed by atoms with Crippen molar-refractivity contribution in [2.45, 2.75) is 313 Å². The molecule has 0 atom stereocenters. The van der Waals surface area contributed by atoms with Gasteiger partial charge in [-0.15, -0.1) is 63.1 Å². The van der Waals surface area contributed by atoms with E-state index in [4.69, 9.17) is 23.7 Å². The van der Waals surface area contributed by atoms with E-state index in [0.29, 0.717) is 86.2 Å². The Morgan fingerprint density at radius 1 is 0.200 bits per heavy atom. The molecule has 0 saturated heterocycles. The first kappa shape index (κ1) is 115. The molecule has 5 fully saturated rings. The Morgan fingerprint density at radius 2 is 0.326 bits per heavy atom. The Hall–Kier alpha value is -9.05. The number of halogens is 5. The fraction of sp³-hybridized carbons (Fsp3) is 0.435. The Labute approximate surface area is 828 Å². The van der Waals surface area contributed by atoms with Crippen LogP contribution in [0.2, 0.25) is 0 Å². The third-order valence-corrected chi connectivity index (χ3v) is 28.9. The molecule has 0 unspecified atom stereocenters. The molecule has 0 aromatic heterocycles. The molecule has 135 heavy (non-hydrogen) atoms. The van der Waals surface area contributed by atoms with Gasteiger partial charge >= 0.3 is 29.8 Å². The van der Waals surface area contributed by atoms with E-state index in [1.165, 1.54) is 253 Å². The van der Waals surface area contributed by atoms with Crippen LogP contribution in [0.1, 0.15) is 369 Å². The number of hydrogen-bond donors (Lipinski definition) is 5. The van der Waals surface area contributed by atoms with E-state index in [-0.39, 0.29) is 53.4 Å². The number of thiol groups is 5. The number of carbonyl (C=O) groups excluding carboxylic acids is 5. The zero-order chi connectivity index (χ0) is 91.8. The maximum absolute atomic E-state index is 12.3. The Kier molecular flexibility index (Phi) is 52.7. The Bertz CT molecular complexity index is 4260. The first-order chi connectivity index (χ1) is 63.3. The van der Waals surface area contributed by atoms with Crippen molar-refractivity contribution in [2.75, 3.05) is 0 Å². The first-order valence-corrected chi connectivity index (χ1v) is 51.1. The number of benzene rings is 10. The van der Waals surface area contributed by atoms with Crippen LogP contribution < -0.4 is 23.7 Å². The fourth-order valence-corrected chi connectivity index (χ4v) is 20.0. The van der Waals surface area contributed by atoms with Gasteiger partial charge in [0.05, 0.1) is 27.8 Å². The topological polar surface area (TPSA) is 132 Å². The summed E-state index contributed by atoms with van der Waals surface area (Å²) in [5.74, 6) is 8.95. The molecule has 0 spiro atoms. The van der Waals surface area contributed by atoms with Crippen molar-refractivity contribution in [3.63, 3.8) is 0 Å². The lowest BCUT2D eigenvalue weighted by Gasteiger charge is -2.28. The molecule has 0 heterocycles. The van der Waals surface area contributed by atoms with Crippen LogP contribution in [0.25, 0.3) is 0 Å². The molecule has 10 aromatic rings. The number of unbranched alkanes of at least 4 members (excludes halogenated alkanes) is 5. The van der Waals surface area contributed by atoms with Gasteiger partial charge in [-0.1, -0.05) is 192 Å². The monoisotopic (exact) mass is 1940 g/mol. The van der Waals surface area contributed by atoms with Crippen LogP contribution >= 0.6 is 63.1 Å². The summed E-state index contributed by atoms with van der Waals surface area (Å²) in [6, 6.07) is 75.7. The molecule has 10 aromatic carbocycles. The summed E-state index contributed by atoms with van der Waals surface area (Å²) in [5.41, 5.74) is 9.77. The van der Waals surface area contributed by atoms with Crippen molar-refractivity contribution in [3.05, 3.63) is 298 Å². The molecule has 5 aliphatic rings. The number of esters is 5. The summed E-state index contributed by atoms with van der Waals surface area (Å²) in [7, 11) is 0. The first-order valence-electron chi connectivity index (χ1n) is 48.8. The predicted molar refractivity (Wildman–Crippen MR) is 559 cm³/mol. The van der Waals surface area contributed by atoms with Crippen LogP contribution in [0.3, 0.4) is 0 Å². The van der Waals surface area contributed by atoms with Crippen molar-refractivity contribution < 1.29 is 71.2 Å². The highest BCUT2D eigenvalue weighted by Crippen LogP contribution is 2.44. The lowest BCUT2D eigenvalue weighted by Crippen LogP contribution is -2.14. The van der Waals surface area contributed by atoms with Gasteiger partial charge in [-0.3, -0.25) is 23.5 Å². The molecule has 0 amide bonds. The fourth-order valence-electron chi connectivity index (χ4n) is 19.2. The molecule has 5 aliphatic carbocycles. The number of carbonyl (C=O) groups is 5. The zero-order valence-corrected chi connectivity index (χ0v) is 83.9. The normalized spacial score (nSPS) is 19.2. The lowest BCUT2D eigenvalue weighted by molar-refractivity contribution is 0.0725. The Balaban J connectivity index is 0.000000257. The minimum absolute atomic E-state index is 0. The molecule has 20 heteroatoms. The van der Waals surface area contributed by atoms with Crippen molar-refractivity contribution in [1.29, 1.82) is 0 Å². The van der Waals surface area contributed by atoms with Gasteiger partial charge < -0.3 is 23.7 Å². The van der Waals surface area contributed by atoms with Crippen LogP contribution in [0.15, 0.2) is 267 Å². The summed E-state index contributed by atoms with van der Waals surface area (Å²) in [6.07, 6.45) is 46.4. The molecule has 15 rings (SSSR count). The van der Waals surface area contributed by atoms with Crippen LogP contribution in [0.5, 0.6) is 28.7 Å². The van der Waals surface area contributed by atoms with Crippen molar-refractivity contribution in [2.24, 2.45) is 29.6 Å². The highest BCUT2D eigenvalue weighted by Gasteiger charge is 2.29. The van der Waals surface area contributed by atoms with Crippen LogP contribution in [-0.4, -0.2) is 29.8 Å². The molecule has 0 N–H and O–H groups in total. The zero-order valence-electron chi connectivity index (χ0n) is 79.5. The predicted octanol–water partition coefficient (Wildman–Crippen LogP) is 34.1. The second-order valence-corrected chi connectivity index (χ2v) is 39.4. The summed E-state index contributed by atoms with van der Waals surface area (Å²) < 4.78 is 27.1. The standard InChI is InChI=1S/5C23H28O2S.5FH/c5*1-2-3-4-17-5-7-18(8-6-17)19-9-11-20(12-10-19)23(24)25-21-13-15-22(26)16-14-21;;;;;/h5*9-18,26H,2-8H2,1H3;5*1H. The minimum atomic E-state index is -0.313. The van der Waals surface area contributed by atoms with Gasteiger partial charge in [-0.05, 0) is 397 Å². The van der Waals surface area contributed by atoms with Crippen LogP contribution in [0.4, 0.5) is 23.5 Å². The number of rotatable bonds is 30. The smallest absolute Gasteiger partial charge is 0.343 e. The van der Waals surface area contributed by atoms with E-state index < -0.39 is 0 Å². The number of hydrogen-bond acceptors (Lipinski definition) is 15. The van der Waals surface area contributed by atoms with Crippen molar-refractivity contribution >= 4 is 93.0 Å². The van der Waals surface area contributed by atoms with E-state index in [1.54, 1.807) is 60.7 Å². The summed E-state index contributed by atoms with van der Waals surface area (Å²) in [5, 5.41) is 0. The van der Waals surface area contributed by atoms with E-state index >= 15 is 0 Å². The minimum Gasteiger partial charge on any atom is -0.423 e. The van der Waals surface area contributed by atoms with Gasteiger partial charge in [0.2, 0.25) is 0 Å². The Morgan fingerprint density at radius 3 is 0.444 bits per heavy atom. The van der Waals surface area contributed by atoms with Gasteiger partial charge in [0.1, 0.15) is 28.7 Å². The average Bonchev–Trinajstić information content (AvgIpc) is 0.854. The molecule has 10 nitrogen and oxygen atoms in total.